The van der Waals surface area contributed by atoms with Crippen molar-refractivity contribution in [2.24, 2.45) is 11.7 Å². The molecule has 0 spiro atoms. The van der Waals surface area contributed by atoms with Crippen molar-refractivity contribution in [3.63, 3.8) is 0 Å². The standard InChI is InChI=1S/C20H23BrN4O/c21-16-5-1-2-6-17(16)25(20(22)26)19-15-7-10-24(11-8-15)18(19)12-14-4-3-9-23-13-14/h1-6,9,13,15,18-19H,7-8,10-12H2,(H2,22,26). The summed E-state index contributed by atoms with van der Waals surface area (Å²) >= 11 is 3.60. The minimum Gasteiger partial charge on any atom is -0.351 e. The number of primary amides is 1. The first-order valence-electron chi connectivity index (χ1n) is 9.11. The van der Waals surface area contributed by atoms with Gasteiger partial charge in [-0.05, 0) is 78.0 Å². The van der Waals surface area contributed by atoms with Crippen LogP contribution in [0.3, 0.4) is 0 Å². The van der Waals surface area contributed by atoms with Gasteiger partial charge in [0.1, 0.15) is 0 Å². The summed E-state index contributed by atoms with van der Waals surface area (Å²) in [4.78, 5) is 21.1. The van der Waals surface area contributed by atoms with Crippen LogP contribution < -0.4 is 10.6 Å². The van der Waals surface area contributed by atoms with Gasteiger partial charge in [-0.15, -0.1) is 0 Å². The molecule has 5 nitrogen and oxygen atoms in total. The van der Waals surface area contributed by atoms with E-state index in [2.05, 4.69) is 31.9 Å². The van der Waals surface area contributed by atoms with Crippen LogP contribution in [0.2, 0.25) is 0 Å². The van der Waals surface area contributed by atoms with Crippen molar-refractivity contribution < 1.29 is 4.79 Å². The van der Waals surface area contributed by atoms with E-state index < -0.39 is 0 Å². The summed E-state index contributed by atoms with van der Waals surface area (Å²) in [6.45, 7) is 2.18. The SMILES string of the molecule is NC(=O)N(c1ccccc1Br)C1C2CCN(CC2)C1Cc1cccnc1. The summed E-state index contributed by atoms with van der Waals surface area (Å²) in [7, 11) is 0. The fraction of sp³-hybridized carbons (Fsp3) is 0.400. The van der Waals surface area contributed by atoms with Crippen LogP contribution in [-0.2, 0) is 6.42 Å². The number of benzene rings is 1. The molecule has 0 radical (unpaired) electrons. The van der Waals surface area contributed by atoms with E-state index in [0.29, 0.717) is 5.92 Å². The molecule has 0 saturated carbocycles. The van der Waals surface area contributed by atoms with E-state index in [9.17, 15) is 4.79 Å². The van der Waals surface area contributed by atoms with E-state index in [0.717, 1.165) is 42.5 Å². The van der Waals surface area contributed by atoms with Crippen LogP contribution in [0.15, 0.2) is 53.3 Å². The largest absolute Gasteiger partial charge is 0.351 e. The second-order valence-electron chi connectivity index (χ2n) is 7.16. The first-order chi connectivity index (χ1) is 12.6. The third kappa shape index (κ3) is 3.23. The quantitative estimate of drug-likeness (QED) is 0.833. The molecule has 5 rings (SSSR count). The van der Waals surface area contributed by atoms with Crippen LogP contribution in [0, 0.1) is 5.92 Å². The van der Waals surface area contributed by atoms with E-state index in [-0.39, 0.29) is 18.1 Å². The van der Waals surface area contributed by atoms with Gasteiger partial charge in [0.2, 0.25) is 0 Å². The van der Waals surface area contributed by atoms with E-state index >= 15 is 0 Å². The Bertz CT molecular complexity index is 776. The summed E-state index contributed by atoms with van der Waals surface area (Å²) in [5.74, 6) is 0.473. The number of anilines is 1. The third-order valence-corrected chi connectivity index (χ3v) is 6.41. The average molecular weight is 415 g/mol. The minimum absolute atomic E-state index is 0.0777. The maximum absolute atomic E-state index is 12.5. The average Bonchev–Trinajstić information content (AvgIpc) is 2.66. The molecule has 1 aromatic heterocycles. The molecule has 2 N–H and O–H groups in total. The molecule has 2 unspecified atom stereocenters. The van der Waals surface area contributed by atoms with Crippen LogP contribution in [0.1, 0.15) is 18.4 Å². The Balaban J connectivity index is 1.72. The number of carbonyl (C=O) groups excluding carboxylic acids is 1. The molecule has 4 heterocycles. The summed E-state index contributed by atoms with van der Waals surface area (Å²) in [5, 5.41) is 0. The Morgan fingerprint density at radius 2 is 2.00 bits per heavy atom. The zero-order chi connectivity index (χ0) is 18.1. The van der Waals surface area contributed by atoms with Crippen LogP contribution in [-0.4, -0.2) is 41.1 Å². The summed E-state index contributed by atoms with van der Waals surface area (Å²) in [6.07, 6.45) is 6.83. The predicted octanol–water partition coefficient (Wildman–Crippen LogP) is 3.43. The molecular weight excluding hydrogens is 392 g/mol. The van der Waals surface area contributed by atoms with Gasteiger partial charge in [-0.2, -0.15) is 0 Å². The number of aromatic nitrogens is 1. The molecule has 6 heteroatoms. The van der Waals surface area contributed by atoms with Gasteiger partial charge < -0.3 is 5.73 Å². The number of pyridine rings is 1. The van der Waals surface area contributed by atoms with Crippen LogP contribution in [0.25, 0.3) is 0 Å². The van der Waals surface area contributed by atoms with Crippen molar-refractivity contribution in [3.8, 4) is 0 Å². The molecule has 3 fully saturated rings. The lowest BCUT2D eigenvalue weighted by Crippen LogP contribution is -2.66. The van der Waals surface area contributed by atoms with Crippen molar-refractivity contribution in [1.29, 1.82) is 0 Å². The summed E-state index contributed by atoms with van der Waals surface area (Å²) in [6, 6.07) is 11.9. The van der Waals surface area contributed by atoms with Gasteiger partial charge in [0.25, 0.3) is 0 Å². The third-order valence-electron chi connectivity index (χ3n) is 5.74. The predicted molar refractivity (Wildman–Crippen MR) is 106 cm³/mol. The number of nitrogens with zero attached hydrogens (tertiary/aromatic N) is 3. The van der Waals surface area contributed by atoms with E-state index in [1.807, 2.05) is 41.4 Å². The van der Waals surface area contributed by atoms with Crippen molar-refractivity contribution in [2.75, 3.05) is 18.0 Å². The Morgan fingerprint density at radius 3 is 2.65 bits per heavy atom. The van der Waals surface area contributed by atoms with Crippen LogP contribution >= 0.6 is 15.9 Å². The van der Waals surface area contributed by atoms with E-state index in [1.165, 1.54) is 5.56 Å². The molecule has 2 aromatic rings. The van der Waals surface area contributed by atoms with Crippen molar-refractivity contribution in [3.05, 3.63) is 58.8 Å². The Morgan fingerprint density at radius 1 is 1.23 bits per heavy atom. The topological polar surface area (TPSA) is 62.5 Å². The number of fused-ring (bicyclic) bond motifs is 3. The fourth-order valence-electron chi connectivity index (χ4n) is 4.59. The van der Waals surface area contributed by atoms with Gasteiger partial charge >= 0.3 is 6.03 Å². The molecule has 2 atom stereocenters. The molecule has 3 aliphatic heterocycles. The highest BCUT2D eigenvalue weighted by molar-refractivity contribution is 9.10. The number of amides is 2. The van der Waals surface area contributed by atoms with Gasteiger partial charge in [-0.1, -0.05) is 18.2 Å². The van der Waals surface area contributed by atoms with Crippen LogP contribution in [0.5, 0.6) is 0 Å². The van der Waals surface area contributed by atoms with Gasteiger partial charge in [-0.25, -0.2) is 4.79 Å². The molecule has 3 aliphatic rings. The van der Waals surface area contributed by atoms with E-state index in [4.69, 9.17) is 5.73 Å². The smallest absolute Gasteiger partial charge is 0.319 e. The molecule has 2 amide bonds. The fourth-order valence-corrected chi connectivity index (χ4v) is 5.07. The molecule has 1 aromatic carbocycles. The second kappa shape index (κ2) is 7.37. The number of urea groups is 1. The molecule has 0 aliphatic carbocycles. The summed E-state index contributed by atoms with van der Waals surface area (Å²) in [5.41, 5.74) is 7.95. The number of nitrogens with two attached hydrogens (primary N) is 1. The number of para-hydroxylation sites is 1. The lowest BCUT2D eigenvalue weighted by molar-refractivity contribution is 0.0279. The Labute approximate surface area is 162 Å². The Kier molecular flexibility index (Phi) is 4.96. The molecule has 2 bridgehead atoms. The van der Waals surface area contributed by atoms with Gasteiger partial charge in [0.05, 0.1) is 11.7 Å². The zero-order valence-electron chi connectivity index (χ0n) is 14.6. The van der Waals surface area contributed by atoms with Gasteiger partial charge in [0, 0.05) is 22.9 Å². The number of carbonyl (C=O) groups is 1. The van der Waals surface area contributed by atoms with Gasteiger partial charge in [-0.3, -0.25) is 14.8 Å². The maximum atomic E-state index is 12.5. The number of hydrogen-bond donors (Lipinski definition) is 1. The highest BCUT2D eigenvalue weighted by Crippen LogP contribution is 2.40. The molecule has 3 saturated heterocycles. The normalized spacial score (nSPS) is 27.3. The lowest BCUT2D eigenvalue weighted by Gasteiger charge is -2.54. The number of piperidine rings is 3. The van der Waals surface area contributed by atoms with Crippen molar-refractivity contribution in [2.45, 2.75) is 31.3 Å². The van der Waals surface area contributed by atoms with E-state index in [1.54, 1.807) is 6.20 Å². The first-order valence-corrected chi connectivity index (χ1v) is 9.90. The van der Waals surface area contributed by atoms with Crippen LogP contribution in [0.4, 0.5) is 10.5 Å². The highest BCUT2D eigenvalue weighted by Gasteiger charge is 2.46. The monoisotopic (exact) mass is 414 g/mol. The highest BCUT2D eigenvalue weighted by atomic mass is 79.9. The van der Waals surface area contributed by atoms with Crippen molar-refractivity contribution >= 4 is 27.6 Å². The molecule has 136 valence electrons. The second-order valence-corrected chi connectivity index (χ2v) is 8.01. The van der Waals surface area contributed by atoms with Crippen molar-refractivity contribution in [1.82, 2.24) is 9.88 Å². The minimum atomic E-state index is -0.383. The number of hydrogen-bond acceptors (Lipinski definition) is 3. The summed E-state index contributed by atoms with van der Waals surface area (Å²) < 4.78 is 0.898. The number of halogens is 1. The molecular formula is C20H23BrN4O. The maximum Gasteiger partial charge on any atom is 0.319 e. The Hall–Kier alpha value is -1.92. The molecule has 26 heavy (non-hydrogen) atoms. The number of rotatable bonds is 4. The zero-order valence-corrected chi connectivity index (χ0v) is 16.2. The first kappa shape index (κ1) is 17.5. The lowest BCUT2D eigenvalue weighted by atomic mass is 9.76. The van der Waals surface area contributed by atoms with Gasteiger partial charge in [0.15, 0.2) is 0 Å².